The topological polar surface area (TPSA) is 59.2 Å². The van der Waals surface area contributed by atoms with Gasteiger partial charge in [-0.2, -0.15) is 0 Å². The zero-order valence-electron chi connectivity index (χ0n) is 10.6. The highest BCUT2D eigenvalue weighted by Gasteiger charge is 2.16. The van der Waals surface area contributed by atoms with Crippen molar-refractivity contribution in [3.05, 3.63) is 30.1 Å². The average molecular weight is 235 g/mol. The minimum absolute atomic E-state index is 0.0286. The normalized spacial score (nSPS) is 12.2. The molecule has 1 amide bonds. The van der Waals surface area contributed by atoms with Crippen LogP contribution in [0.3, 0.4) is 0 Å². The van der Waals surface area contributed by atoms with E-state index in [-0.39, 0.29) is 11.9 Å². The minimum atomic E-state index is -0.359. The number of carbonyl (C=O) groups is 1. The Balaban J connectivity index is 2.39. The molecule has 0 spiro atoms. The van der Waals surface area contributed by atoms with E-state index in [2.05, 4.69) is 4.98 Å². The Hall–Kier alpha value is -1.42. The van der Waals surface area contributed by atoms with Crippen LogP contribution < -0.4 is 5.73 Å². The molecule has 1 aromatic heterocycles. The van der Waals surface area contributed by atoms with Crippen molar-refractivity contribution in [2.45, 2.75) is 32.2 Å². The Bertz CT molecular complexity index is 340. The molecular weight excluding hydrogens is 214 g/mol. The Morgan fingerprint density at radius 2 is 2.12 bits per heavy atom. The van der Waals surface area contributed by atoms with Gasteiger partial charge in [-0.15, -0.1) is 0 Å². The van der Waals surface area contributed by atoms with Crippen LogP contribution in [0.15, 0.2) is 24.5 Å². The Labute approximate surface area is 103 Å². The van der Waals surface area contributed by atoms with Gasteiger partial charge in [-0.05, 0) is 30.5 Å². The van der Waals surface area contributed by atoms with Gasteiger partial charge < -0.3 is 10.6 Å². The summed E-state index contributed by atoms with van der Waals surface area (Å²) in [4.78, 5) is 17.5. The number of aromatic nitrogens is 1. The summed E-state index contributed by atoms with van der Waals surface area (Å²) >= 11 is 0. The molecule has 0 radical (unpaired) electrons. The van der Waals surface area contributed by atoms with Gasteiger partial charge in [0, 0.05) is 26.0 Å². The summed E-state index contributed by atoms with van der Waals surface area (Å²) in [5.74, 6) is 0.0286. The van der Waals surface area contributed by atoms with Crippen molar-refractivity contribution in [3.8, 4) is 0 Å². The predicted octanol–water partition coefficient (Wildman–Crippen LogP) is 1.21. The van der Waals surface area contributed by atoms with E-state index in [9.17, 15) is 4.79 Å². The highest BCUT2D eigenvalue weighted by molar-refractivity contribution is 5.81. The number of pyridine rings is 1. The van der Waals surface area contributed by atoms with Crippen molar-refractivity contribution in [2.24, 2.45) is 5.73 Å². The maximum Gasteiger partial charge on any atom is 0.239 e. The zero-order valence-corrected chi connectivity index (χ0v) is 10.6. The molecule has 94 valence electrons. The molecule has 1 atom stereocenters. The lowest BCUT2D eigenvalue weighted by atomic mass is 10.1. The number of likely N-dealkylation sites (N-methyl/N-ethyl adjacent to an activating group) is 1. The molecule has 1 heterocycles. The number of nitrogens with zero attached hydrogens (tertiary/aromatic N) is 2. The number of amides is 1. The molecule has 0 fully saturated rings. The van der Waals surface area contributed by atoms with Crippen LogP contribution in [-0.4, -0.2) is 35.4 Å². The number of nitrogens with two attached hydrogens (primary N) is 1. The van der Waals surface area contributed by atoms with E-state index in [1.54, 1.807) is 24.3 Å². The molecule has 1 aromatic rings. The third-order valence-corrected chi connectivity index (χ3v) is 2.78. The third-order valence-electron chi connectivity index (χ3n) is 2.78. The Kier molecular flexibility index (Phi) is 5.63. The molecule has 0 unspecified atom stereocenters. The second kappa shape index (κ2) is 7.01. The maximum atomic E-state index is 11.8. The van der Waals surface area contributed by atoms with Crippen molar-refractivity contribution >= 4 is 5.91 Å². The van der Waals surface area contributed by atoms with Crippen LogP contribution in [0, 0.1) is 0 Å². The molecule has 0 aliphatic carbocycles. The van der Waals surface area contributed by atoms with E-state index in [4.69, 9.17) is 5.73 Å². The van der Waals surface area contributed by atoms with Crippen LogP contribution in [-0.2, 0) is 11.2 Å². The van der Waals surface area contributed by atoms with E-state index >= 15 is 0 Å². The molecule has 2 N–H and O–H groups in total. The largest absolute Gasteiger partial charge is 0.344 e. The first-order valence-electron chi connectivity index (χ1n) is 6.04. The van der Waals surface area contributed by atoms with Gasteiger partial charge in [0.1, 0.15) is 0 Å². The van der Waals surface area contributed by atoms with E-state index in [0.29, 0.717) is 6.54 Å². The zero-order chi connectivity index (χ0) is 12.7. The van der Waals surface area contributed by atoms with Gasteiger partial charge >= 0.3 is 0 Å². The molecule has 0 aromatic carbocycles. The lowest BCUT2D eigenvalue weighted by molar-refractivity contribution is -0.131. The highest BCUT2D eigenvalue weighted by Crippen LogP contribution is 2.02. The fraction of sp³-hybridized carbons (Fsp3) is 0.538. The molecule has 17 heavy (non-hydrogen) atoms. The molecule has 4 heteroatoms. The molecule has 0 saturated heterocycles. The van der Waals surface area contributed by atoms with Crippen molar-refractivity contribution in [3.63, 3.8) is 0 Å². The summed E-state index contributed by atoms with van der Waals surface area (Å²) < 4.78 is 0. The predicted molar refractivity (Wildman–Crippen MR) is 68.5 cm³/mol. The fourth-order valence-electron chi connectivity index (χ4n) is 1.67. The highest BCUT2D eigenvalue weighted by atomic mass is 16.2. The second-order valence-electron chi connectivity index (χ2n) is 4.26. The molecule has 0 saturated carbocycles. The van der Waals surface area contributed by atoms with E-state index in [0.717, 1.165) is 19.3 Å². The first-order valence-corrected chi connectivity index (χ1v) is 6.04. The van der Waals surface area contributed by atoms with Crippen molar-refractivity contribution < 1.29 is 4.79 Å². The Morgan fingerprint density at radius 3 is 2.71 bits per heavy atom. The number of carbonyl (C=O) groups excluding carboxylic acids is 1. The third kappa shape index (κ3) is 4.53. The molecule has 1 rings (SSSR count). The monoisotopic (exact) mass is 235 g/mol. The quantitative estimate of drug-likeness (QED) is 0.806. The fourth-order valence-corrected chi connectivity index (χ4v) is 1.67. The average Bonchev–Trinajstić information content (AvgIpc) is 2.36. The van der Waals surface area contributed by atoms with E-state index < -0.39 is 0 Å². The second-order valence-corrected chi connectivity index (χ2v) is 4.26. The van der Waals surface area contributed by atoms with E-state index in [1.807, 2.05) is 19.1 Å². The van der Waals surface area contributed by atoms with Gasteiger partial charge in [-0.25, -0.2) is 0 Å². The first-order chi connectivity index (χ1) is 8.15. The molecule has 4 nitrogen and oxygen atoms in total. The standard InChI is InChI=1S/C13H21N3O/c1-3-4-12(14)13(17)16(2)10-7-11-5-8-15-9-6-11/h5-6,8-9,12H,3-4,7,10,14H2,1-2H3/t12-/m0/s1. The number of hydrogen-bond donors (Lipinski definition) is 1. The summed E-state index contributed by atoms with van der Waals surface area (Å²) in [5, 5.41) is 0. The molecule has 0 bridgehead atoms. The SMILES string of the molecule is CCC[C@H](N)C(=O)N(C)CCc1ccncc1. The van der Waals surface area contributed by atoms with Crippen LogP contribution in [0.2, 0.25) is 0 Å². The van der Waals surface area contributed by atoms with Gasteiger partial charge in [0.05, 0.1) is 6.04 Å². The van der Waals surface area contributed by atoms with Crippen molar-refractivity contribution in [2.75, 3.05) is 13.6 Å². The summed E-state index contributed by atoms with van der Waals surface area (Å²) in [6, 6.07) is 3.57. The molecule has 0 aliphatic rings. The van der Waals surface area contributed by atoms with Gasteiger partial charge in [0.25, 0.3) is 0 Å². The van der Waals surface area contributed by atoms with Crippen molar-refractivity contribution in [1.29, 1.82) is 0 Å². The first kappa shape index (κ1) is 13.6. The van der Waals surface area contributed by atoms with Crippen LogP contribution >= 0.6 is 0 Å². The van der Waals surface area contributed by atoms with Gasteiger partial charge in [0.2, 0.25) is 5.91 Å². The van der Waals surface area contributed by atoms with Crippen LogP contribution in [0.1, 0.15) is 25.3 Å². The summed E-state index contributed by atoms with van der Waals surface area (Å²) in [7, 11) is 1.80. The van der Waals surface area contributed by atoms with E-state index in [1.165, 1.54) is 5.56 Å². The van der Waals surface area contributed by atoms with Crippen LogP contribution in [0.5, 0.6) is 0 Å². The van der Waals surface area contributed by atoms with Gasteiger partial charge in [-0.3, -0.25) is 9.78 Å². The smallest absolute Gasteiger partial charge is 0.239 e. The number of rotatable bonds is 6. The number of hydrogen-bond acceptors (Lipinski definition) is 3. The molecule has 0 aliphatic heterocycles. The summed E-state index contributed by atoms with van der Waals surface area (Å²) in [6.45, 7) is 2.73. The van der Waals surface area contributed by atoms with Crippen LogP contribution in [0.4, 0.5) is 0 Å². The van der Waals surface area contributed by atoms with Crippen LogP contribution in [0.25, 0.3) is 0 Å². The summed E-state index contributed by atoms with van der Waals surface area (Å²) in [5.41, 5.74) is 6.98. The van der Waals surface area contributed by atoms with Crippen molar-refractivity contribution in [1.82, 2.24) is 9.88 Å². The maximum absolute atomic E-state index is 11.8. The lowest BCUT2D eigenvalue weighted by Gasteiger charge is -2.21. The minimum Gasteiger partial charge on any atom is -0.344 e. The van der Waals surface area contributed by atoms with Gasteiger partial charge in [-0.1, -0.05) is 13.3 Å². The molecular formula is C13H21N3O. The van der Waals surface area contributed by atoms with Gasteiger partial charge in [0.15, 0.2) is 0 Å². The Morgan fingerprint density at radius 1 is 1.47 bits per heavy atom. The lowest BCUT2D eigenvalue weighted by Crippen LogP contribution is -2.42. The summed E-state index contributed by atoms with van der Waals surface area (Å²) in [6.07, 6.45) is 6.05.